The molecule has 84 valence electrons. The first kappa shape index (κ1) is 12.3. The van der Waals surface area contributed by atoms with Crippen molar-refractivity contribution in [3.05, 3.63) is 0 Å². The Morgan fingerprint density at radius 2 is 2.07 bits per heavy atom. The highest BCUT2D eigenvalue weighted by atomic mass is 32.2. The summed E-state index contributed by atoms with van der Waals surface area (Å²) in [5.74, 6) is 2.09. The second kappa shape index (κ2) is 6.70. The Balaban J connectivity index is 2.06. The van der Waals surface area contributed by atoms with Crippen LogP contribution in [-0.4, -0.2) is 49.6 Å². The summed E-state index contributed by atoms with van der Waals surface area (Å²) in [6.07, 6.45) is 4.83. The first-order valence-electron chi connectivity index (χ1n) is 5.63. The molecular formula is C11H24N2S. The van der Waals surface area contributed by atoms with Gasteiger partial charge in [0.1, 0.15) is 0 Å². The Morgan fingerprint density at radius 1 is 1.43 bits per heavy atom. The summed E-state index contributed by atoms with van der Waals surface area (Å²) in [7, 11) is 2.21. The average molecular weight is 216 g/mol. The monoisotopic (exact) mass is 216 g/mol. The normalized spacial score (nSPS) is 22.5. The van der Waals surface area contributed by atoms with E-state index in [4.69, 9.17) is 0 Å². The van der Waals surface area contributed by atoms with Crippen LogP contribution in [0.15, 0.2) is 0 Å². The molecule has 1 rings (SSSR count). The molecule has 0 radical (unpaired) electrons. The zero-order valence-electron chi connectivity index (χ0n) is 9.75. The number of nitrogens with one attached hydrogen (secondary N) is 1. The van der Waals surface area contributed by atoms with Gasteiger partial charge in [0.2, 0.25) is 0 Å². The van der Waals surface area contributed by atoms with Crippen molar-refractivity contribution in [2.24, 2.45) is 5.92 Å². The summed E-state index contributed by atoms with van der Waals surface area (Å²) in [6.45, 7) is 6.04. The molecule has 0 saturated carbocycles. The molecule has 2 nitrogen and oxygen atoms in total. The molecule has 14 heavy (non-hydrogen) atoms. The topological polar surface area (TPSA) is 15.3 Å². The third-order valence-electron chi connectivity index (χ3n) is 2.92. The standard InChI is InChI=1S/C11H24N2S/c1-10(9-14-3)8-12-11-4-6-13(2)7-5-11/h10-12H,4-9H2,1-3H3. The van der Waals surface area contributed by atoms with Crippen molar-refractivity contribution in [2.75, 3.05) is 38.7 Å². The number of likely N-dealkylation sites (tertiary alicyclic amines) is 1. The van der Waals surface area contributed by atoms with E-state index in [1.807, 2.05) is 11.8 Å². The van der Waals surface area contributed by atoms with Crippen molar-refractivity contribution in [3.63, 3.8) is 0 Å². The molecule has 0 bridgehead atoms. The molecule has 1 aliphatic heterocycles. The molecule has 3 heteroatoms. The van der Waals surface area contributed by atoms with Crippen molar-refractivity contribution < 1.29 is 0 Å². The lowest BCUT2D eigenvalue weighted by molar-refractivity contribution is 0.232. The Labute approximate surface area is 92.8 Å². The smallest absolute Gasteiger partial charge is 0.00915 e. The molecule has 1 heterocycles. The largest absolute Gasteiger partial charge is 0.314 e. The van der Waals surface area contributed by atoms with Gasteiger partial charge in [0.05, 0.1) is 0 Å². The van der Waals surface area contributed by atoms with E-state index in [1.165, 1.54) is 38.2 Å². The Bertz CT molecular complexity index is 144. The summed E-state index contributed by atoms with van der Waals surface area (Å²) in [6, 6.07) is 0.774. The summed E-state index contributed by atoms with van der Waals surface area (Å²) in [4.78, 5) is 2.42. The molecule has 0 spiro atoms. The minimum absolute atomic E-state index is 0.774. The molecule has 1 N–H and O–H groups in total. The first-order valence-corrected chi connectivity index (χ1v) is 7.02. The van der Waals surface area contributed by atoms with E-state index in [2.05, 4.69) is 30.4 Å². The van der Waals surface area contributed by atoms with Crippen LogP contribution in [0.4, 0.5) is 0 Å². The Hall–Kier alpha value is 0.270. The molecule has 1 unspecified atom stereocenters. The molecule has 0 amide bonds. The van der Waals surface area contributed by atoms with Crippen molar-refractivity contribution >= 4 is 11.8 Å². The number of hydrogen-bond donors (Lipinski definition) is 1. The van der Waals surface area contributed by atoms with Crippen molar-refractivity contribution in [1.82, 2.24) is 10.2 Å². The predicted molar refractivity (Wildman–Crippen MR) is 66.1 cm³/mol. The Morgan fingerprint density at radius 3 is 2.64 bits per heavy atom. The highest BCUT2D eigenvalue weighted by Crippen LogP contribution is 2.09. The lowest BCUT2D eigenvalue weighted by Gasteiger charge is -2.30. The molecule has 0 aromatic rings. The minimum atomic E-state index is 0.774. The maximum atomic E-state index is 3.69. The second-order valence-electron chi connectivity index (χ2n) is 4.55. The van der Waals surface area contributed by atoms with Gasteiger partial charge in [-0.3, -0.25) is 0 Å². The molecule has 1 saturated heterocycles. The van der Waals surface area contributed by atoms with Gasteiger partial charge in [-0.2, -0.15) is 11.8 Å². The van der Waals surface area contributed by atoms with Gasteiger partial charge in [0.15, 0.2) is 0 Å². The quantitative estimate of drug-likeness (QED) is 0.752. The number of hydrogen-bond acceptors (Lipinski definition) is 3. The van der Waals surface area contributed by atoms with Gasteiger partial charge in [-0.05, 0) is 57.5 Å². The maximum absolute atomic E-state index is 3.69. The fraction of sp³-hybridized carbons (Fsp3) is 1.00. The molecule has 1 atom stereocenters. The van der Waals surface area contributed by atoms with Gasteiger partial charge in [0, 0.05) is 6.04 Å². The van der Waals surface area contributed by atoms with Crippen LogP contribution in [0.5, 0.6) is 0 Å². The molecule has 1 aliphatic rings. The third kappa shape index (κ3) is 4.67. The minimum Gasteiger partial charge on any atom is -0.314 e. The van der Waals surface area contributed by atoms with Crippen LogP contribution >= 0.6 is 11.8 Å². The van der Waals surface area contributed by atoms with Crippen molar-refractivity contribution in [1.29, 1.82) is 0 Å². The fourth-order valence-corrected chi connectivity index (χ4v) is 2.61. The van der Waals surface area contributed by atoms with E-state index in [-0.39, 0.29) is 0 Å². The van der Waals surface area contributed by atoms with Crippen LogP contribution in [0.25, 0.3) is 0 Å². The van der Waals surface area contributed by atoms with Gasteiger partial charge < -0.3 is 10.2 Å². The SMILES string of the molecule is CSCC(C)CNC1CCN(C)CC1. The molecule has 0 aromatic carbocycles. The Kier molecular flexibility index (Phi) is 5.90. The summed E-state index contributed by atoms with van der Waals surface area (Å²) >= 11 is 1.95. The lowest BCUT2D eigenvalue weighted by Crippen LogP contribution is -2.42. The van der Waals surface area contributed by atoms with Crippen LogP contribution in [0, 0.1) is 5.92 Å². The van der Waals surface area contributed by atoms with E-state index < -0.39 is 0 Å². The number of rotatable bonds is 5. The molecular weight excluding hydrogens is 192 g/mol. The third-order valence-corrected chi connectivity index (χ3v) is 3.83. The van der Waals surface area contributed by atoms with Crippen LogP contribution in [0.2, 0.25) is 0 Å². The highest BCUT2D eigenvalue weighted by Gasteiger charge is 2.16. The van der Waals surface area contributed by atoms with E-state index in [1.54, 1.807) is 0 Å². The summed E-state index contributed by atoms with van der Waals surface area (Å²) in [5, 5.41) is 3.69. The van der Waals surface area contributed by atoms with E-state index in [0.29, 0.717) is 0 Å². The number of piperidine rings is 1. The van der Waals surface area contributed by atoms with E-state index in [9.17, 15) is 0 Å². The zero-order valence-corrected chi connectivity index (χ0v) is 10.6. The van der Waals surface area contributed by atoms with Crippen LogP contribution in [0.3, 0.4) is 0 Å². The van der Waals surface area contributed by atoms with Gasteiger partial charge >= 0.3 is 0 Å². The second-order valence-corrected chi connectivity index (χ2v) is 5.46. The first-order chi connectivity index (χ1) is 6.72. The molecule has 0 aromatic heterocycles. The van der Waals surface area contributed by atoms with Gasteiger partial charge in [-0.1, -0.05) is 6.92 Å². The van der Waals surface area contributed by atoms with Crippen LogP contribution in [0.1, 0.15) is 19.8 Å². The van der Waals surface area contributed by atoms with Gasteiger partial charge in [-0.25, -0.2) is 0 Å². The highest BCUT2D eigenvalue weighted by molar-refractivity contribution is 7.98. The lowest BCUT2D eigenvalue weighted by atomic mass is 10.0. The fourth-order valence-electron chi connectivity index (χ4n) is 1.92. The van der Waals surface area contributed by atoms with E-state index >= 15 is 0 Å². The number of nitrogens with zero attached hydrogens (tertiary/aromatic N) is 1. The van der Waals surface area contributed by atoms with Gasteiger partial charge in [-0.15, -0.1) is 0 Å². The number of thioether (sulfide) groups is 1. The van der Waals surface area contributed by atoms with Crippen LogP contribution in [-0.2, 0) is 0 Å². The average Bonchev–Trinajstić information content (AvgIpc) is 2.17. The summed E-state index contributed by atoms with van der Waals surface area (Å²) in [5.41, 5.74) is 0. The summed E-state index contributed by atoms with van der Waals surface area (Å²) < 4.78 is 0. The predicted octanol–water partition coefficient (Wildman–Crippen LogP) is 1.67. The van der Waals surface area contributed by atoms with Crippen molar-refractivity contribution in [2.45, 2.75) is 25.8 Å². The van der Waals surface area contributed by atoms with Crippen LogP contribution < -0.4 is 5.32 Å². The van der Waals surface area contributed by atoms with E-state index in [0.717, 1.165) is 12.0 Å². The maximum Gasteiger partial charge on any atom is 0.00915 e. The zero-order chi connectivity index (χ0) is 10.4. The van der Waals surface area contributed by atoms with Gasteiger partial charge in [0.25, 0.3) is 0 Å². The molecule has 1 fully saturated rings. The van der Waals surface area contributed by atoms with Crippen molar-refractivity contribution in [3.8, 4) is 0 Å². The molecule has 0 aliphatic carbocycles.